The number of nitro benzene ring substituents is 1. The van der Waals surface area contributed by atoms with E-state index < -0.39 is 11.0 Å². The molecule has 1 heterocycles. The average molecular weight is 397 g/mol. The fourth-order valence-electron chi connectivity index (χ4n) is 3.22. The van der Waals surface area contributed by atoms with Crippen molar-refractivity contribution in [1.82, 2.24) is 16.3 Å². The maximum absolute atomic E-state index is 12.5. The maximum atomic E-state index is 12.5. The van der Waals surface area contributed by atoms with Crippen molar-refractivity contribution in [3.8, 4) is 5.75 Å². The van der Waals surface area contributed by atoms with E-state index in [2.05, 4.69) is 21.4 Å². The molecule has 0 bridgehead atoms. The number of carbonyl (C=O) groups is 1. The van der Waals surface area contributed by atoms with E-state index in [0.29, 0.717) is 12.2 Å². The lowest BCUT2D eigenvalue weighted by molar-refractivity contribution is -0.384. The Balaban J connectivity index is 1.59. The quantitative estimate of drug-likeness (QED) is 0.375. The van der Waals surface area contributed by atoms with E-state index in [4.69, 9.17) is 4.74 Å². The van der Waals surface area contributed by atoms with E-state index in [-0.39, 0.29) is 23.6 Å². The zero-order valence-electron chi connectivity index (χ0n) is 16.2. The molecule has 152 valence electrons. The molecule has 0 radical (unpaired) electrons. The zero-order valence-corrected chi connectivity index (χ0v) is 16.2. The van der Waals surface area contributed by atoms with Crippen LogP contribution in [0.5, 0.6) is 5.75 Å². The molecule has 2 aromatic rings. The SMILES string of the molecule is CCOc1ccc(C2NNC(C(=O)N/N=C/c3cccc([N+](=O)[O-])c3)C2C)cc1. The van der Waals surface area contributed by atoms with Gasteiger partial charge in [-0.1, -0.05) is 31.2 Å². The van der Waals surface area contributed by atoms with Gasteiger partial charge in [0, 0.05) is 23.6 Å². The normalized spacial score (nSPS) is 21.2. The van der Waals surface area contributed by atoms with Crippen LogP contribution in [0.25, 0.3) is 0 Å². The first-order chi connectivity index (χ1) is 14.0. The molecular formula is C20H23N5O4. The molecule has 1 aliphatic rings. The van der Waals surface area contributed by atoms with E-state index in [1.54, 1.807) is 12.1 Å². The molecule has 0 aromatic heterocycles. The molecule has 0 spiro atoms. The van der Waals surface area contributed by atoms with E-state index >= 15 is 0 Å². The van der Waals surface area contributed by atoms with Crippen molar-refractivity contribution in [2.75, 3.05) is 6.61 Å². The second kappa shape index (κ2) is 9.26. The van der Waals surface area contributed by atoms with Gasteiger partial charge in [0.1, 0.15) is 11.8 Å². The Hall–Kier alpha value is -3.30. The molecule has 9 heteroatoms. The first-order valence-electron chi connectivity index (χ1n) is 9.30. The maximum Gasteiger partial charge on any atom is 0.270 e. The monoisotopic (exact) mass is 397 g/mol. The van der Waals surface area contributed by atoms with Crippen LogP contribution in [0.3, 0.4) is 0 Å². The number of rotatable bonds is 7. The number of nitro groups is 1. The molecule has 3 atom stereocenters. The minimum atomic E-state index is -0.479. The second-order valence-electron chi connectivity index (χ2n) is 6.69. The largest absolute Gasteiger partial charge is 0.494 e. The third kappa shape index (κ3) is 4.95. The van der Waals surface area contributed by atoms with Crippen LogP contribution in [0.4, 0.5) is 5.69 Å². The summed E-state index contributed by atoms with van der Waals surface area (Å²) in [4.78, 5) is 22.8. The highest BCUT2D eigenvalue weighted by Crippen LogP contribution is 2.29. The lowest BCUT2D eigenvalue weighted by Gasteiger charge is -2.18. The van der Waals surface area contributed by atoms with Gasteiger partial charge >= 0.3 is 0 Å². The van der Waals surface area contributed by atoms with Crippen molar-refractivity contribution in [2.24, 2.45) is 11.0 Å². The molecule has 3 unspecified atom stereocenters. The van der Waals surface area contributed by atoms with Crippen LogP contribution in [0.15, 0.2) is 53.6 Å². The number of nitrogens with one attached hydrogen (secondary N) is 3. The number of hydrogen-bond acceptors (Lipinski definition) is 7. The predicted octanol–water partition coefficient (Wildman–Crippen LogP) is 2.30. The smallest absolute Gasteiger partial charge is 0.270 e. The number of hydrazine groups is 1. The minimum absolute atomic E-state index is 0.0269. The highest BCUT2D eigenvalue weighted by molar-refractivity contribution is 5.85. The van der Waals surface area contributed by atoms with Crippen molar-refractivity contribution in [3.05, 3.63) is 69.8 Å². The highest BCUT2D eigenvalue weighted by Gasteiger charge is 2.37. The van der Waals surface area contributed by atoms with Crippen LogP contribution in [0.1, 0.15) is 31.0 Å². The van der Waals surface area contributed by atoms with Crippen LogP contribution in [0.2, 0.25) is 0 Å². The number of carbonyl (C=O) groups excluding carboxylic acids is 1. The number of hydrogen-bond donors (Lipinski definition) is 3. The van der Waals surface area contributed by atoms with E-state index in [1.807, 2.05) is 38.1 Å². The van der Waals surface area contributed by atoms with Crippen LogP contribution < -0.4 is 21.0 Å². The third-order valence-electron chi connectivity index (χ3n) is 4.75. The third-order valence-corrected chi connectivity index (χ3v) is 4.75. The summed E-state index contributed by atoms with van der Waals surface area (Å²) in [5.41, 5.74) is 10.2. The Morgan fingerprint density at radius 3 is 2.72 bits per heavy atom. The zero-order chi connectivity index (χ0) is 20.8. The van der Waals surface area contributed by atoms with E-state index in [0.717, 1.165) is 11.3 Å². The highest BCUT2D eigenvalue weighted by atomic mass is 16.6. The number of non-ortho nitro benzene ring substituents is 1. The number of ether oxygens (including phenoxy) is 1. The molecule has 0 aliphatic carbocycles. The van der Waals surface area contributed by atoms with Crippen molar-refractivity contribution in [3.63, 3.8) is 0 Å². The Kier molecular flexibility index (Phi) is 6.53. The van der Waals surface area contributed by atoms with Crippen molar-refractivity contribution in [1.29, 1.82) is 0 Å². The van der Waals surface area contributed by atoms with Crippen molar-refractivity contribution in [2.45, 2.75) is 25.9 Å². The fourth-order valence-corrected chi connectivity index (χ4v) is 3.22. The molecule has 9 nitrogen and oxygen atoms in total. The van der Waals surface area contributed by atoms with Crippen LogP contribution in [0, 0.1) is 16.0 Å². The minimum Gasteiger partial charge on any atom is -0.494 e. The van der Waals surface area contributed by atoms with E-state index in [9.17, 15) is 14.9 Å². The first kappa shape index (κ1) is 20.4. The lowest BCUT2D eigenvalue weighted by Crippen LogP contribution is -2.43. The molecule has 3 rings (SSSR count). The molecular weight excluding hydrogens is 374 g/mol. The predicted molar refractivity (Wildman–Crippen MR) is 108 cm³/mol. The standard InChI is InChI=1S/C20H23N5O4/c1-3-29-17-9-7-15(8-10-17)18-13(2)19(23-22-18)20(26)24-21-12-14-5-4-6-16(11-14)25(27)28/h4-13,18-19,22-23H,3H2,1-2H3,(H,24,26)/b21-12+. The Labute approximate surface area is 168 Å². The Morgan fingerprint density at radius 1 is 1.28 bits per heavy atom. The summed E-state index contributed by atoms with van der Waals surface area (Å²) >= 11 is 0. The number of hydrazone groups is 1. The van der Waals surface area contributed by atoms with Crippen molar-refractivity contribution < 1.29 is 14.5 Å². The molecule has 0 saturated carbocycles. The fraction of sp³-hybridized carbons (Fsp3) is 0.300. The summed E-state index contributed by atoms with van der Waals surface area (Å²) in [6.45, 7) is 4.52. The summed E-state index contributed by atoms with van der Waals surface area (Å²) in [5.74, 6) is 0.487. The average Bonchev–Trinajstić information content (AvgIpc) is 3.10. The van der Waals surface area contributed by atoms with Crippen LogP contribution in [-0.2, 0) is 4.79 Å². The molecule has 29 heavy (non-hydrogen) atoms. The molecule has 3 N–H and O–H groups in total. The molecule has 1 amide bonds. The molecule has 2 aromatic carbocycles. The van der Waals surface area contributed by atoms with Crippen LogP contribution >= 0.6 is 0 Å². The van der Waals surface area contributed by atoms with Gasteiger partial charge in [-0.15, -0.1) is 0 Å². The van der Waals surface area contributed by atoms with Gasteiger partial charge in [0.2, 0.25) is 0 Å². The first-order valence-corrected chi connectivity index (χ1v) is 9.30. The van der Waals surface area contributed by atoms with Crippen molar-refractivity contribution >= 4 is 17.8 Å². The van der Waals surface area contributed by atoms with Gasteiger partial charge in [0.15, 0.2) is 0 Å². The summed E-state index contributed by atoms with van der Waals surface area (Å²) in [5, 5.41) is 14.7. The van der Waals surface area contributed by atoms with Gasteiger partial charge in [-0.25, -0.2) is 16.3 Å². The summed E-state index contributed by atoms with van der Waals surface area (Å²) in [6, 6.07) is 13.3. The number of amides is 1. The molecule has 1 aliphatic heterocycles. The molecule has 1 saturated heterocycles. The van der Waals surface area contributed by atoms with Gasteiger partial charge in [-0.3, -0.25) is 14.9 Å². The summed E-state index contributed by atoms with van der Waals surface area (Å²) in [6.07, 6.45) is 1.38. The van der Waals surface area contributed by atoms with Gasteiger partial charge in [0.05, 0.1) is 23.8 Å². The Bertz CT molecular complexity index is 900. The second-order valence-corrected chi connectivity index (χ2v) is 6.69. The Morgan fingerprint density at radius 2 is 2.03 bits per heavy atom. The molecule has 1 fully saturated rings. The summed E-state index contributed by atoms with van der Waals surface area (Å²) in [7, 11) is 0. The van der Waals surface area contributed by atoms with Gasteiger partial charge in [-0.2, -0.15) is 5.10 Å². The van der Waals surface area contributed by atoms with Gasteiger partial charge in [0.25, 0.3) is 11.6 Å². The topological polar surface area (TPSA) is 118 Å². The van der Waals surface area contributed by atoms with Gasteiger partial charge < -0.3 is 4.74 Å². The number of benzene rings is 2. The van der Waals surface area contributed by atoms with E-state index in [1.165, 1.54) is 18.3 Å². The van der Waals surface area contributed by atoms with Crippen LogP contribution in [-0.4, -0.2) is 29.7 Å². The lowest BCUT2D eigenvalue weighted by atomic mass is 9.91. The summed E-state index contributed by atoms with van der Waals surface area (Å²) < 4.78 is 5.46. The number of nitrogens with zero attached hydrogens (tertiary/aromatic N) is 2. The van der Waals surface area contributed by atoms with Gasteiger partial charge in [-0.05, 0) is 24.6 Å².